The zero-order chi connectivity index (χ0) is 15.6. The number of carbonyl (C=O) groups is 1. The Labute approximate surface area is 133 Å². The SMILES string of the molecule is CCCCCC(/C=C/c1ccccc1)c1ccc(C=O)cc1. The Kier molecular flexibility index (Phi) is 6.63. The quantitative estimate of drug-likeness (QED) is 0.439. The van der Waals surface area contributed by atoms with E-state index in [1.54, 1.807) is 0 Å². The molecule has 0 radical (unpaired) electrons. The van der Waals surface area contributed by atoms with E-state index in [0.29, 0.717) is 5.92 Å². The molecule has 0 saturated heterocycles. The highest BCUT2D eigenvalue weighted by Crippen LogP contribution is 2.25. The predicted octanol–water partition coefficient (Wildman–Crippen LogP) is 5.88. The van der Waals surface area contributed by atoms with Gasteiger partial charge in [0.1, 0.15) is 6.29 Å². The molecule has 114 valence electrons. The van der Waals surface area contributed by atoms with Crippen LogP contribution in [0.5, 0.6) is 0 Å². The van der Waals surface area contributed by atoms with Gasteiger partial charge in [-0.25, -0.2) is 0 Å². The highest BCUT2D eigenvalue weighted by Gasteiger charge is 2.08. The number of aldehydes is 1. The summed E-state index contributed by atoms with van der Waals surface area (Å²) in [5.74, 6) is 0.410. The molecule has 2 aromatic carbocycles. The second-order valence-corrected chi connectivity index (χ2v) is 5.66. The highest BCUT2D eigenvalue weighted by atomic mass is 16.1. The molecular formula is C21H24O. The summed E-state index contributed by atoms with van der Waals surface area (Å²) in [6.07, 6.45) is 10.3. The largest absolute Gasteiger partial charge is 0.298 e. The number of rotatable bonds is 8. The van der Waals surface area contributed by atoms with Crippen LogP contribution in [0.15, 0.2) is 60.7 Å². The standard InChI is InChI=1S/C21H24O/c1-2-3-5-10-20(14-11-18-8-6-4-7-9-18)21-15-12-19(17-22)13-16-21/h4,6-9,11-17,20H,2-3,5,10H2,1H3/b14-11+. The van der Waals surface area contributed by atoms with Crippen LogP contribution in [0.2, 0.25) is 0 Å². The molecule has 0 aliphatic rings. The van der Waals surface area contributed by atoms with Crippen LogP contribution < -0.4 is 0 Å². The molecule has 1 atom stereocenters. The van der Waals surface area contributed by atoms with Gasteiger partial charge < -0.3 is 0 Å². The third kappa shape index (κ3) is 5.00. The average Bonchev–Trinajstić information content (AvgIpc) is 2.59. The molecule has 0 aliphatic heterocycles. The number of hydrogen-bond donors (Lipinski definition) is 0. The fourth-order valence-corrected chi connectivity index (χ4v) is 2.60. The minimum absolute atomic E-state index is 0.410. The predicted molar refractivity (Wildman–Crippen MR) is 94.2 cm³/mol. The molecular weight excluding hydrogens is 268 g/mol. The van der Waals surface area contributed by atoms with Gasteiger partial charge in [0.2, 0.25) is 0 Å². The van der Waals surface area contributed by atoms with Crippen molar-refractivity contribution in [3.63, 3.8) is 0 Å². The Morgan fingerprint density at radius 1 is 0.909 bits per heavy atom. The molecule has 0 bridgehead atoms. The third-order valence-corrected chi connectivity index (χ3v) is 3.94. The van der Waals surface area contributed by atoms with Crippen molar-refractivity contribution in [3.05, 3.63) is 77.4 Å². The highest BCUT2D eigenvalue weighted by molar-refractivity contribution is 5.74. The van der Waals surface area contributed by atoms with Gasteiger partial charge in [-0.15, -0.1) is 0 Å². The first kappa shape index (κ1) is 16.2. The van der Waals surface area contributed by atoms with Gasteiger partial charge >= 0.3 is 0 Å². The van der Waals surface area contributed by atoms with E-state index >= 15 is 0 Å². The van der Waals surface area contributed by atoms with Crippen molar-refractivity contribution in [2.24, 2.45) is 0 Å². The molecule has 1 unspecified atom stereocenters. The Balaban J connectivity index is 2.13. The van der Waals surface area contributed by atoms with Gasteiger partial charge in [-0.1, -0.05) is 92.9 Å². The van der Waals surface area contributed by atoms with Crippen LogP contribution in [0.1, 0.15) is 60.0 Å². The zero-order valence-corrected chi connectivity index (χ0v) is 13.2. The van der Waals surface area contributed by atoms with E-state index in [9.17, 15) is 4.79 Å². The van der Waals surface area contributed by atoms with Crippen molar-refractivity contribution in [2.45, 2.75) is 38.5 Å². The first-order chi connectivity index (χ1) is 10.8. The lowest BCUT2D eigenvalue weighted by molar-refractivity contribution is 0.112. The summed E-state index contributed by atoms with van der Waals surface area (Å²) in [5.41, 5.74) is 3.25. The summed E-state index contributed by atoms with van der Waals surface area (Å²) < 4.78 is 0. The third-order valence-electron chi connectivity index (χ3n) is 3.94. The van der Waals surface area contributed by atoms with Crippen molar-refractivity contribution >= 4 is 12.4 Å². The monoisotopic (exact) mass is 292 g/mol. The summed E-state index contributed by atoms with van der Waals surface area (Å²) in [5, 5.41) is 0. The second-order valence-electron chi connectivity index (χ2n) is 5.66. The van der Waals surface area contributed by atoms with Crippen molar-refractivity contribution < 1.29 is 4.79 Å². The Hall–Kier alpha value is -2.15. The van der Waals surface area contributed by atoms with Gasteiger partial charge in [-0.05, 0) is 17.5 Å². The van der Waals surface area contributed by atoms with E-state index in [1.165, 1.54) is 30.4 Å². The molecule has 0 aliphatic carbocycles. The van der Waals surface area contributed by atoms with Crippen LogP contribution in [0.3, 0.4) is 0 Å². The molecule has 0 aromatic heterocycles. The number of carbonyl (C=O) groups excluding carboxylic acids is 1. The molecule has 0 fully saturated rings. The Morgan fingerprint density at radius 2 is 1.64 bits per heavy atom. The lowest BCUT2D eigenvalue weighted by Gasteiger charge is -2.13. The molecule has 2 aromatic rings. The molecule has 22 heavy (non-hydrogen) atoms. The van der Waals surface area contributed by atoms with Gasteiger partial charge in [-0.2, -0.15) is 0 Å². The fourth-order valence-electron chi connectivity index (χ4n) is 2.60. The maximum atomic E-state index is 10.8. The van der Waals surface area contributed by atoms with Crippen LogP contribution in [0.4, 0.5) is 0 Å². The van der Waals surface area contributed by atoms with Gasteiger partial charge in [0.05, 0.1) is 0 Å². The van der Waals surface area contributed by atoms with E-state index in [-0.39, 0.29) is 0 Å². The van der Waals surface area contributed by atoms with E-state index in [2.05, 4.69) is 55.5 Å². The van der Waals surface area contributed by atoms with Crippen LogP contribution in [-0.2, 0) is 0 Å². The smallest absolute Gasteiger partial charge is 0.150 e. The van der Waals surface area contributed by atoms with Gasteiger partial charge in [0.15, 0.2) is 0 Å². The number of benzene rings is 2. The molecule has 0 heterocycles. The molecule has 0 N–H and O–H groups in total. The Bertz CT molecular complexity index is 581. The van der Waals surface area contributed by atoms with Gasteiger partial charge in [-0.3, -0.25) is 4.79 Å². The zero-order valence-electron chi connectivity index (χ0n) is 13.2. The van der Waals surface area contributed by atoms with Crippen LogP contribution in [0, 0.1) is 0 Å². The second kappa shape index (κ2) is 8.99. The van der Waals surface area contributed by atoms with Crippen molar-refractivity contribution in [1.82, 2.24) is 0 Å². The van der Waals surface area contributed by atoms with E-state index in [0.717, 1.165) is 18.3 Å². The van der Waals surface area contributed by atoms with E-state index < -0.39 is 0 Å². The molecule has 0 spiro atoms. The average molecular weight is 292 g/mol. The van der Waals surface area contributed by atoms with Crippen molar-refractivity contribution in [2.75, 3.05) is 0 Å². The topological polar surface area (TPSA) is 17.1 Å². The normalized spacial score (nSPS) is 12.4. The summed E-state index contributed by atoms with van der Waals surface area (Å²) in [6.45, 7) is 2.23. The molecule has 2 rings (SSSR count). The molecule has 0 amide bonds. The lowest BCUT2D eigenvalue weighted by atomic mass is 9.91. The van der Waals surface area contributed by atoms with Crippen LogP contribution in [-0.4, -0.2) is 6.29 Å². The van der Waals surface area contributed by atoms with Gasteiger partial charge in [0.25, 0.3) is 0 Å². The minimum atomic E-state index is 0.410. The molecule has 1 heteroatoms. The van der Waals surface area contributed by atoms with E-state index in [4.69, 9.17) is 0 Å². The summed E-state index contributed by atoms with van der Waals surface area (Å²) in [6, 6.07) is 18.4. The number of hydrogen-bond acceptors (Lipinski definition) is 1. The van der Waals surface area contributed by atoms with Crippen molar-refractivity contribution in [3.8, 4) is 0 Å². The number of unbranched alkanes of at least 4 members (excludes halogenated alkanes) is 2. The fraction of sp³-hybridized carbons (Fsp3) is 0.286. The molecule has 0 saturated carbocycles. The first-order valence-corrected chi connectivity index (χ1v) is 8.12. The number of allylic oxidation sites excluding steroid dienone is 1. The summed E-state index contributed by atoms with van der Waals surface area (Å²) >= 11 is 0. The first-order valence-electron chi connectivity index (χ1n) is 8.12. The maximum absolute atomic E-state index is 10.8. The maximum Gasteiger partial charge on any atom is 0.150 e. The minimum Gasteiger partial charge on any atom is -0.298 e. The van der Waals surface area contributed by atoms with Gasteiger partial charge in [0, 0.05) is 11.5 Å². The summed E-state index contributed by atoms with van der Waals surface area (Å²) in [7, 11) is 0. The Morgan fingerprint density at radius 3 is 2.27 bits per heavy atom. The molecule has 1 nitrogen and oxygen atoms in total. The lowest BCUT2D eigenvalue weighted by Crippen LogP contribution is -1.96. The van der Waals surface area contributed by atoms with Crippen LogP contribution in [0.25, 0.3) is 6.08 Å². The summed E-state index contributed by atoms with van der Waals surface area (Å²) in [4.78, 5) is 10.8. The van der Waals surface area contributed by atoms with Crippen molar-refractivity contribution in [1.29, 1.82) is 0 Å². The van der Waals surface area contributed by atoms with Crippen LogP contribution >= 0.6 is 0 Å². The van der Waals surface area contributed by atoms with E-state index in [1.807, 2.05) is 18.2 Å².